The normalized spacial score (nSPS) is 14.5. The Hall–Kier alpha value is -4.50. The van der Waals surface area contributed by atoms with Crippen LogP contribution in [0.5, 0.6) is 23.0 Å². The van der Waals surface area contributed by atoms with Crippen LogP contribution in [0.1, 0.15) is 23.5 Å². The van der Waals surface area contributed by atoms with Gasteiger partial charge in [-0.15, -0.1) is 0 Å². The van der Waals surface area contributed by atoms with Crippen molar-refractivity contribution < 1.29 is 34.4 Å². The molecule has 3 aromatic carbocycles. The fourth-order valence-corrected chi connectivity index (χ4v) is 4.69. The minimum absolute atomic E-state index is 0.0487. The van der Waals surface area contributed by atoms with Crippen molar-refractivity contribution in [3.05, 3.63) is 82.0 Å². The van der Waals surface area contributed by atoms with Crippen LogP contribution in [0.2, 0.25) is 0 Å². The number of ether oxygens (including phenoxy) is 1. The Morgan fingerprint density at radius 2 is 1.62 bits per heavy atom. The first-order valence-corrected chi connectivity index (χ1v) is 11.8. The molecule has 1 fully saturated rings. The van der Waals surface area contributed by atoms with E-state index in [1.165, 1.54) is 18.2 Å². The molecule has 1 amide bonds. The number of phenols is 4. The third-order valence-electron chi connectivity index (χ3n) is 6.55. The maximum absolute atomic E-state index is 13.3. The third-order valence-corrected chi connectivity index (χ3v) is 6.55. The molecule has 0 saturated carbocycles. The molecule has 9 nitrogen and oxygen atoms in total. The lowest BCUT2D eigenvalue weighted by molar-refractivity contribution is -0.135. The molecule has 4 aromatic rings. The van der Waals surface area contributed by atoms with E-state index >= 15 is 0 Å². The summed E-state index contributed by atoms with van der Waals surface area (Å²) in [5.41, 5.74) is 0.173. The van der Waals surface area contributed by atoms with Crippen molar-refractivity contribution in [3.63, 3.8) is 0 Å². The highest BCUT2D eigenvalue weighted by atomic mass is 16.5. The van der Waals surface area contributed by atoms with Crippen LogP contribution in [0.3, 0.4) is 0 Å². The van der Waals surface area contributed by atoms with Gasteiger partial charge in [-0.25, -0.2) is 0 Å². The number of nitrogens with zero attached hydrogens (tertiary/aromatic N) is 1. The van der Waals surface area contributed by atoms with Crippen molar-refractivity contribution in [1.82, 2.24) is 4.90 Å². The number of hydrogen-bond donors (Lipinski definition) is 4. The number of carbonyl (C=O) groups is 1. The zero-order valence-corrected chi connectivity index (χ0v) is 19.8. The molecule has 0 spiro atoms. The number of rotatable bonds is 5. The van der Waals surface area contributed by atoms with Gasteiger partial charge in [0.2, 0.25) is 11.7 Å². The maximum Gasteiger partial charge on any atom is 0.223 e. The van der Waals surface area contributed by atoms with Crippen molar-refractivity contribution in [3.8, 4) is 34.3 Å². The van der Waals surface area contributed by atoms with E-state index in [2.05, 4.69) is 0 Å². The topological polar surface area (TPSA) is 141 Å². The van der Waals surface area contributed by atoms with E-state index in [0.717, 1.165) is 0 Å². The van der Waals surface area contributed by atoms with Crippen LogP contribution in [0.4, 0.5) is 0 Å². The molecule has 0 unspecified atom stereocenters. The SMILES string of the molecule is O=C(C[C@H](c1cccc(O)c1)c1c(O)c(O)c(O)c2c(=O)cc(-c3ccccc3)oc12)N1CCOCC1. The number of carbonyl (C=O) groups excluding carboxylic acids is 1. The van der Waals surface area contributed by atoms with Crippen molar-refractivity contribution in [2.24, 2.45) is 0 Å². The summed E-state index contributed by atoms with van der Waals surface area (Å²) >= 11 is 0. The first-order valence-electron chi connectivity index (χ1n) is 11.8. The van der Waals surface area contributed by atoms with Crippen LogP contribution >= 0.6 is 0 Å². The summed E-state index contributed by atoms with van der Waals surface area (Å²) < 4.78 is 11.4. The lowest BCUT2D eigenvalue weighted by Gasteiger charge is -2.29. The van der Waals surface area contributed by atoms with Crippen molar-refractivity contribution in [2.45, 2.75) is 12.3 Å². The van der Waals surface area contributed by atoms with E-state index in [1.54, 1.807) is 47.4 Å². The molecule has 0 bridgehead atoms. The molecule has 190 valence electrons. The van der Waals surface area contributed by atoms with E-state index in [4.69, 9.17) is 9.15 Å². The highest BCUT2D eigenvalue weighted by Gasteiger charge is 2.32. The molecule has 1 aromatic heterocycles. The molecule has 1 aliphatic heterocycles. The lowest BCUT2D eigenvalue weighted by atomic mass is 9.85. The molecule has 0 radical (unpaired) electrons. The predicted octanol–water partition coefficient (Wildman–Crippen LogP) is 3.66. The molecule has 9 heteroatoms. The van der Waals surface area contributed by atoms with E-state index in [-0.39, 0.29) is 40.4 Å². The summed E-state index contributed by atoms with van der Waals surface area (Å²) in [6, 6.07) is 16.1. The molecule has 4 N–H and O–H groups in total. The van der Waals surface area contributed by atoms with Crippen LogP contribution in [0, 0.1) is 0 Å². The number of amides is 1. The Balaban J connectivity index is 1.76. The Morgan fingerprint density at radius 1 is 0.892 bits per heavy atom. The maximum atomic E-state index is 13.3. The van der Waals surface area contributed by atoms with Gasteiger partial charge in [-0.1, -0.05) is 42.5 Å². The van der Waals surface area contributed by atoms with Gasteiger partial charge in [0.25, 0.3) is 0 Å². The van der Waals surface area contributed by atoms with Crippen LogP contribution < -0.4 is 5.43 Å². The van der Waals surface area contributed by atoms with Gasteiger partial charge in [0.1, 0.15) is 22.5 Å². The van der Waals surface area contributed by atoms with Gasteiger partial charge < -0.3 is 34.5 Å². The van der Waals surface area contributed by atoms with Crippen molar-refractivity contribution in [2.75, 3.05) is 26.3 Å². The zero-order valence-electron chi connectivity index (χ0n) is 19.8. The molecular formula is C28H25NO8. The number of hydrogen-bond acceptors (Lipinski definition) is 8. The van der Waals surface area contributed by atoms with Gasteiger partial charge in [0.15, 0.2) is 16.9 Å². The van der Waals surface area contributed by atoms with Gasteiger partial charge in [0.05, 0.1) is 13.2 Å². The number of morpholine rings is 1. The second-order valence-electron chi connectivity index (χ2n) is 8.85. The molecular weight excluding hydrogens is 478 g/mol. The van der Waals surface area contributed by atoms with Crippen LogP contribution in [0.25, 0.3) is 22.3 Å². The third kappa shape index (κ3) is 4.56. The lowest BCUT2D eigenvalue weighted by Crippen LogP contribution is -2.41. The van der Waals surface area contributed by atoms with Gasteiger partial charge in [-0.2, -0.15) is 0 Å². The monoisotopic (exact) mass is 503 g/mol. The minimum atomic E-state index is -0.939. The first-order chi connectivity index (χ1) is 17.8. The standard InChI is InChI=1S/C28H25NO8/c30-18-8-4-7-17(13-18)19(14-22(32)29-9-11-36-12-10-29)23-25(33)27(35)26(34)24-20(31)15-21(37-28(23)24)16-5-2-1-3-6-16/h1-8,13,15,19,30,33-35H,9-12,14H2/t19-/m1/s1. The Kier molecular flexibility index (Phi) is 6.45. The van der Waals surface area contributed by atoms with Gasteiger partial charge in [-0.05, 0) is 17.7 Å². The minimum Gasteiger partial charge on any atom is -0.508 e. The Labute approximate surface area is 211 Å². The van der Waals surface area contributed by atoms with Crippen LogP contribution in [-0.2, 0) is 9.53 Å². The molecule has 1 saturated heterocycles. The fourth-order valence-electron chi connectivity index (χ4n) is 4.69. The molecule has 2 heterocycles. The summed E-state index contributed by atoms with van der Waals surface area (Å²) in [5.74, 6) is -3.52. The fraction of sp³-hybridized carbons (Fsp3) is 0.214. The van der Waals surface area contributed by atoms with Crippen LogP contribution in [0.15, 0.2) is 69.9 Å². The van der Waals surface area contributed by atoms with Crippen LogP contribution in [-0.4, -0.2) is 57.5 Å². The number of fused-ring (bicyclic) bond motifs is 1. The molecule has 5 rings (SSSR count). The molecule has 0 aliphatic carbocycles. The summed E-state index contributed by atoms with van der Waals surface area (Å²) in [7, 11) is 0. The number of benzene rings is 3. The average Bonchev–Trinajstić information content (AvgIpc) is 2.92. The Bertz CT molecular complexity index is 1520. The van der Waals surface area contributed by atoms with E-state index in [1.807, 2.05) is 0 Å². The zero-order chi connectivity index (χ0) is 26.1. The van der Waals surface area contributed by atoms with Crippen molar-refractivity contribution in [1.29, 1.82) is 0 Å². The number of phenolic OH excluding ortho intramolecular Hbond substituents is 4. The van der Waals surface area contributed by atoms with Gasteiger partial charge in [0, 0.05) is 42.6 Å². The first kappa shape index (κ1) is 24.2. The summed E-state index contributed by atoms with van der Waals surface area (Å²) in [5, 5.41) is 42.1. The average molecular weight is 504 g/mol. The van der Waals surface area contributed by atoms with E-state index < -0.39 is 28.6 Å². The smallest absolute Gasteiger partial charge is 0.223 e. The Morgan fingerprint density at radius 3 is 2.32 bits per heavy atom. The van der Waals surface area contributed by atoms with E-state index in [0.29, 0.717) is 37.4 Å². The quantitative estimate of drug-likeness (QED) is 0.303. The van der Waals surface area contributed by atoms with Crippen molar-refractivity contribution >= 4 is 16.9 Å². The molecule has 1 atom stereocenters. The predicted molar refractivity (Wildman–Crippen MR) is 135 cm³/mol. The highest BCUT2D eigenvalue weighted by Crippen LogP contribution is 2.49. The molecule has 37 heavy (non-hydrogen) atoms. The summed E-state index contributed by atoms with van der Waals surface area (Å²) in [6.07, 6.45) is -0.171. The van der Waals surface area contributed by atoms with Gasteiger partial charge >= 0.3 is 0 Å². The second-order valence-corrected chi connectivity index (χ2v) is 8.85. The highest BCUT2D eigenvalue weighted by molar-refractivity contribution is 5.94. The summed E-state index contributed by atoms with van der Waals surface area (Å²) in [4.78, 5) is 28.1. The second kappa shape index (κ2) is 9.87. The van der Waals surface area contributed by atoms with Gasteiger partial charge in [-0.3, -0.25) is 9.59 Å². The number of aromatic hydroxyl groups is 4. The molecule has 1 aliphatic rings. The summed E-state index contributed by atoms with van der Waals surface area (Å²) in [6.45, 7) is 1.58. The van der Waals surface area contributed by atoms with E-state index in [9.17, 15) is 30.0 Å². The largest absolute Gasteiger partial charge is 0.508 e.